The smallest absolute Gasteiger partial charge is 0.417 e. The lowest BCUT2D eigenvalue weighted by Gasteiger charge is -2.20. The summed E-state index contributed by atoms with van der Waals surface area (Å²) in [6, 6.07) is 9.15. The van der Waals surface area contributed by atoms with Crippen LogP contribution in [0.1, 0.15) is 44.3 Å². The molecule has 1 fully saturated rings. The summed E-state index contributed by atoms with van der Waals surface area (Å²) in [7, 11) is 1.53. The minimum atomic E-state index is -4.57. The van der Waals surface area contributed by atoms with Gasteiger partial charge in [-0.1, -0.05) is 0 Å². The van der Waals surface area contributed by atoms with E-state index in [9.17, 15) is 22.8 Å². The van der Waals surface area contributed by atoms with Crippen molar-refractivity contribution in [3.8, 4) is 5.75 Å². The van der Waals surface area contributed by atoms with Gasteiger partial charge in [-0.05, 0) is 48.4 Å². The zero-order valence-corrected chi connectivity index (χ0v) is 18.7. The molecule has 2 aromatic heterocycles. The highest BCUT2D eigenvalue weighted by atomic mass is 19.4. The monoisotopic (exact) mass is 485 g/mol. The van der Waals surface area contributed by atoms with Gasteiger partial charge in [0.05, 0.1) is 24.6 Å². The first-order valence-electron chi connectivity index (χ1n) is 10.7. The fourth-order valence-electron chi connectivity index (χ4n) is 4.06. The summed E-state index contributed by atoms with van der Waals surface area (Å²) in [5, 5.41) is 2.47. The van der Waals surface area contributed by atoms with Gasteiger partial charge in [0.15, 0.2) is 0 Å². The Hall–Kier alpha value is -4.15. The molecule has 35 heavy (non-hydrogen) atoms. The van der Waals surface area contributed by atoms with Crippen LogP contribution in [0.25, 0.3) is 0 Å². The molecule has 0 spiro atoms. The second-order valence-electron chi connectivity index (χ2n) is 8.07. The van der Waals surface area contributed by atoms with Crippen LogP contribution < -0.4 is 20.7 Å². The number of nitrogens with zero attached hydrogens (tertiary/aromatic N) is 3. The number of hydrogen-bond donors (Lipinski definition) is 2. The number of halogens is 3. The molecule has 2 amide bonds. The van der Waals surface area contributed by atoms with Crippen LogP contribution in [0, 0.1) is 0 Å². The van der Waals surface area contributed by atoms with Crippen molar-refractivity contribution < 1.29 is 27.5 Å². The van der Waals surface area contributed by atoms with Gasteiger partial charge in [0.25, 0.3) is 11.8 Å². The van der Waals surface area contributed by atoms with Gasteiger partial charge in [0.1, 0.15) is 11.4 Å². The number of anilines is 2. The minimum absolute atomic E-state index is 0.0121. The van der Waals surface area contributed by atoms with Crippen LogP contribution in [0.3, 0.4) is 0 Å². The second-order valence-corrected chi connectivity index (χ2v) is 8.07. The zero-order chi connectivity index (χ0) is 25.2. The van der Waals surface area contributed by atoms with E-state index in [2.05, 4.69) is 20.2 Å². The summed E-state index contributed by atoms with van der Waals surface area (Å²) in [6.07, 6.45) is -0.434. The third-order valence-electron chi connectivity index (χ3n) is 5.80. The summed E-state index contributed by atoms with van der Waals surface area (Å²) >= 11 is 0. The van der Waals surface area contributed by atoms with Crippen molar-refractivity contribution in [1.82, 2.24) is 9.97 Å². The molecule has 11 heteroatoms. The van der Waals surface area contributed by atoms with Crippen LogP contribution in [0.4, 0.5) is 24.5 Å². The first-order chi connectivity index (χ1) is 16.7. The van der Waals surface area contributed by atoms with Crippen molar-refractivity contribution in [3.05, 3.63) is 77.4 Å². The molecule has 8 nitrogen and oxygen atoms in total. The first-order valence-corrected chi connectivity index (χ1v) is 10.7. The molecular weight excluding hydrogens is 463 g/mol. The predicted octanol–water partition coefficient (Wildman–Crippen LogP) is 3.85. The zero-order valence-electron chi connectivity index (χ0n) is 18.7. The Balaban J connectivity index is 1.54. The number of primary amides is 1. The number of benzene rings is 1. The summed E-state index contributed by atoms with van der Waals surface area (Å²) < 4.78 is 44.4. The van der Waals surface area contributed by atoms with Gasteiger partial charge < -0.3 is 20.7 Å². The minimum Gasteiger partial charge on any atom is -0.496 e. The van der Waals surface area contributed by atoms with Gasteiger partial charge in [-0.3, -0.25) is 19.6 Å². The number of rotatable bonds is 6. The molecule has 0 aliphatic carbocycles. The van der Waals surface area contributed by atoms with E-state index in [0.717, 1.165) is 29.9 Å². The maximum absolute atomic E-state index is 13.0. The summed E-state index contributed by atoms with van der Waals surface area (Å²) in [6.45, 7) is 1.30. The molecule has 1 saturated heterocycles. The first kappa shape index (κ1) is 24.0. The molecule has 1 aliphatic rings. The SMILES string of the molecule is COc1ccc(C(=O)Nc2cncc(C(F)(F)F)c2)cc1C1CCN(c2ccnc(C(N)=O)c2)C1. The van der Waals surface area contributed by atoms with Crippen molar-refractivity contribution in [1.29, 1.82) is 0 Å². The fourth-order valence-corrected chi connectivity index (χ4v) is 4.06. The Kier molecular flexibility index (Phi) is 6.59. The highest BCUT2D eigenvalue weighted by molar-refractivity contribution is 6.04. The molecule has 1 unspecified atom stereocenters. The van der Waals surface area contributed by atoms with Gasteiger partial charge in [0.2, 0.25) is 0 Å². The van der Waals surface area contributed by atoms with Crippen LogP contribution >= 0.6 is 0 Å². The Morgan fingerprint density at radius 1 is 1.17 bits per heavy atom. The molecule has 0 saturated carbocycles. The van der Waals surface area contributed by atoms with E-state index in [0.29, 0.717) is 25.0 Å². The fraction of sp³-hybridized carbons (Fsp3) is 0.250. The van der Waals surface area contributed by atoms with Gasteiger partial charge in [-0.15, -0.1) is 0 Å². The van der Waals surface area contributed by atoms with E-state index >= 15 is 0 Å². The maximum atomic E-state index is 13.0. The van der Waals surface area contributed by atoms with Gasteiger partial charge >= 0.3 is 6.18 Å². The number of alkyl halides is 3. The molecule has 1 atom stereocenters. The van der Waals surface area contributed by atoms with Gasteiger partial charge in [0, 0.05) is 42.7 Å². The number of methoxy groups -OCH3 is 1. The molecule has 3 N–H and O–H groups in total. The lowest BCUT2D eigenvalue weighted by molar-refractivity contribution is -0.137. The quantitative estimate of drug-likeness (QED) is 0.549. The molecule has 0 bridgehead atoms. The largest absolute Gasteiger partial charge is 0.496 e. The second kappa shape index (κ2) is 9.61. The van der Waals surface area contributed by atoms with Gasteiger partial charge in [-0.25, -0.2) is 0 Å². The van der Waals surface area contributed by atoms with Crippen LogP contribution in [0.5, 0.6) is 5.75 Å². The number of nitrogens with two attached hydrogens (primary N) is 1. The average molecular weight is 485 g/mol. The Morgan fingerprint density at radius 3 is 2.69 bits per heavy atom. The summed E-state index contributed by atoms with van der Waals surface area (Å²) in [4.78, 5) is 33.9. The number of amides is 2. The summed E-state index contributed by atoms with van der Waals surface area (Å²) in [5.74, 6) is -0.566. The molecular formula is C24H22F3N5O3. The van der Waals surface area contributed by atoms with E-state index < -0.39 is 23.6 Å². The molecule has 4 rings (SSSR count). The molecule has 1 aliphatic heterocycles. The predicted molar refractivity (Wildman–Crippen MR) is 123 cm³/mol. The number of ether oxygens (including phenoxy) is 1. The highest BCUT2D eigenvalue weighted by Gasteiger charge is 2.31. The lowest BCUT2D eigenvalue weighted by Crippen LogP contribution is -2.21. The molecule has 3 heterocycles. The van der Waals surface area contributed by atoms with E-state index in [1.807, 2.05) is 0 Å². The third kappa shape index (κ3) is 5.34. The van der Waals surface area contributed by atoms with E-state index in [1.165, 1.54) is 13.3 Å². The Bertz CT molecular complexity index is 1270. The molecule has 182 valence electrons. The van der Waals surface area contributed by atoms with Crippen molar-refractivity contribution in [2.24, 2.45) is 5.73 Å². The molecule has 3 aromatic rings. The third-order valence-corrected chi connectivity index (χ3v) is 5.80. The van der Waals surface area contributed by atoms with Crippen molar-refractivity contribution >= 4 is 23.2 Å². The Labute approximate surface area is 198 Å². The van der Waals surface area contributed by atoms with Gasteiger partial charge in [-0.2, -0.15) is 13.2 Å². The van der Waals surface area contributed by atoms with Crippen molar-refractivity contribution in [3.63, 3.8) is 0 Å². The number of aromatic nitrogens is 2. The number of nitrogens with one attached hydrogen (secondary N) is 1. The maximum Gasteiger partial charge on any atom is 0.417 e. The van der Waals surface area contributed by atoms with Crippen LogP contribution in [0.2, 0.25) is 0 Å². The molecule has 1 aromatic carbocycles. The van der Waals surface area contributed by atoms with Crippen LogP contribution in [0.15, 0.2) is 55.0 Å². The van der Waals surface area contributed by atoms with Crippen molar-refractivity contribution in [2.45, 2.75) is 18.5 Å². The molecule has 0 radical (unpaired) electrons. The average Bonchev–Trinajstić information content (AvgIpc) is 3.33. The lowest BCUT2D eigenvalue weighted by atomic mass is 9.95. The van der Waals surface area contributed by atoms with Crippen LogP contribution in [-0.2, 0) is 6.18 Å². The van der Waals surface area contributed by atoms with E-state index in [4.69, 9.17) is 10.5 Å². The topological polar surface area (TPSA) is 110 Å². The van der Waals surface area contributed by atoms with E-state index in [1.54, 1.807) is 30.3 Å². The number of carbonyl (C=O) groups is 2. The number of carbonyl (C=O) groups excluding carboxylic acids is 2. The number of pyridine rings is 2. The normalized spacial score (nSPS) is 15.7. The number of hydrogen-bond acceptors (Lipinski definition) is 6. The van der Waals surface area contributed by atoms with E-state index in [-0.39, 0.29) is 22.9 Å². The van der Waals surface area contributed by atoms with Crippen LogP contribution in [-0.4, -0.2) is 42.0 Å². The standard InChI is InChI=1S/C24H22F3N5O3/c1-35-21-3-2-14(23(34)31-17-9-16(11-29-12-17)24(25,26)27)8-19(21)15-5-7-32(13-15)18-4-6-30-20(10-18)22(28)33/h2-4,6,8-12,15H,5,7,13H2,1H3,(H2,28,33)(H,31,34). The highest BCUT2D eigenvalue weighted by Crippen LogP contribution is 2.36. The van der Waals surface area contributed by atoms with Crippen molar-refractivity contribution in [2.75, 3.05) is 30.4 Å². The Morgan fingerprint density at radius 2 is 1.97 bits per heavy atom. The summed E-state index contributed by atoms with van der Waals surface area (Å²) in [5.41, 5.74) is 6.38.